The molecule has 2 aliphatic rings. The van der Waals surface area contributed by atoms with Crippen LogP contribution in [0.3, 0.4) is 0 Å². The minimum Gasteiger partial charge on any atom is -0.378 e. The zero-order chi connectivity index (χ0) is 19.7. The van der Waals surface area contributed by atoms with Gasteiger partial charge in [-0.25, -0.2) is 18.1 Å². The van der Waals surface area contributed by atoms with Crippen LogP contribution in [0.25, 0.3) is 9.69 Å². The fourth-order valence-corrected chi connectivity index (χ4v) is 3.31. The van der Waals surface area contributed by atoms with Crippen LogP contribution in [0.15, 0.2) is 33.4 Å². The summed E-state index contributed by atoms with van der Waals surface area (Å²) >= 11 is 0. The van der Waals surface area contributed by atoms with Crippen molar-refractivity contribution in [3.8, 4) is 0 Å². The molecule has 1 aliphatic carbocycles. The third-order valence-electron chi connectivity index (χ3n) is 4.78. The molecule has 0 saturated heterocycles. The largest absolute Gasteiger partial charge is 0.378 e. The summed E-state index contributed by atoms with van der Waals surface area (Å²) in [7, 11) is 5.63. The summed E-state index contributed by atoms with van der Waals surface area (Å²) in [5.41, 5.74) is 1.99. The molecule has 1 N–H and O–H groups in total. The van der Waals surface area contributed by atoms with E-state index in [4.69, 9.17) is 13.1 Å². The predicted molar refractivity (Wildman–Crippen MR) is 103 cm³/mol. The van der Waals surface area contributed by atoms with E-state index < -0.39 is 6.04 Å². The molecule has 1 amide bonds. The minimum absolute atomic E-state index is 0.124. The van der Waals surface area contributed by atoms with E-state index >= 15 is 0 Å². The molecule has 0 spiro atoms. The van der Waals surface area contributed by atoms with E-state index in [1.165, 1.54) is 6.92 Å². The Hall–Kier alpha value is -3.46. The van der Waals surface area contributed by atoms with Crippen LogP contribution in [0.5, 0.6) is 0 Å². The number of benzene rings is 1. The summed E-state index contributed by atoms with van der Waals surface area (Å²) < 4.78 is 0. The van der Waals surface area contributed by atoms with Crippen molar-refractivity contribution >= 4 is 28.9 Å². The van der Waals surface area contributed by atoms with Gasteiger partial charge in [0.1, 0.15) is 11.7 Å². The fourth-order valence-electron chi connectivity index (χ4n) is 3.31. The number of fused-ring (bicyclic) bond motifs is 1. The van der Waals surface area contributed by atoms with Crippen LogP contribution in [-0.2, 0) is 4.79 Å². The maximum absolute atomic E-state index is 11.5. The molecule has 1 aromatic carbocycles. The van der Waals surface area contributed by atoms with Crippen LogP contribution in [0.1, 0.15) is 6.92 Å². The highest BCUT2D eigenvalue weighted by atomic mass is 16.1. The van der Waals surface area contributed by atoms with Crippen molar-refractivity contribution in [2.45, 2.75) is 31.1 Å². The van der Waals surface area contributed by atoms with Crippen LogP contribution in [0.2, 0.25) is 0 Å². The van der Waals surface area contributed by atoms with Crippen molar-refractivity contribution in [2.75, 3.05) is 31.4 Å². The summed E-state index contributed by atoms with van der Waals surface area (Å²) in [5, 5.41) is 11.2. The number of guanidine groups is 1. The number of hydrogen-bond donors (Lipinski definition) is 1. The number of nitrogens with zero attached hydrogens (tertiary/aromatic N) is 7. The standard InChI is InChI=1S/C18H20N8O/c1-10(27)21-13-9-11(25(4)5)7-8-12(13)23-24-18-22-16-14(19-2)15(20-3)17(16)26(18)6/h7-9,14-17H,1,4-6H3,(H,21,27). The van der Waals surface area contributed by atoms with Gasteiger partial charge in [0.25, 0.3) is 0 Å². The van der Waals surface area contributed by atoms with Crippen LogP contribution < -0.4 is 10.2 Å². The Kier molecular flexibility index (Phi) is 4.78. The minimum atomic E-state index is -0.419. The maximum atomic E-state index is 11.5. The molecule has 0 aromatic heterocycles. The van der Waals surface area contributed by atoms with Crippen LogP contribution in [-0.4, -0.2) is 62.1 Å². The number of hydrogen-bond acceptors (Lipinski definition) is 6. The molecule has 1 saturated carbocycles. The Morgan fingerprint density at radius 1 is 1.26 bits per heavy atom. The van der Waals surface area contributed by atoms with Gasteiger partial charge in [-0.15, -0.1) is 10.2 Å². The number of rotatable bonds is 3. The van der Waals surface area contributed by atoms with Crippen molar-refractivity contribution in [1.82, 2.24) is 4.90 Å². The van der Waals surface area contributed by atoms with Crippen molar-refractivity contribution in [2.24, 2.45) is 15.2 Å². The van der Waals surface area contributed by atoms with Crippen LogP contribution in [0.4, 0.5) is 17.1 Å². The number of aliphatic imine (C=N–C) groups is 1. The molecule has 27 heavy (non-hydrogen) atoms. The molecule has 1 aromatic rings. The zero-order valence-electron chi connectivity index (χ0n) is 15.6. The highest BCUT2D eigenvalue weighted by Crippen LogP contribution is 2.39. The van der Waals surface area contributed by atoms with Gasteiger partial charge in [0.2, 0.25) is 11.9 Å². The lowest BCUT2D eigenvalue weighted by Gasteiger charge is -2.34. The first-order valence-corrected chi connectivity index (χ1v) is 8.42. The lowest BCUT2D eigenvalue weighted by molar-refractivity contribution is -0.114. The zero-order valence-corrected chi connectivity index (χ0v) is 15.6. The lowest BCUT2D eigenvalue weighted by atomic mass is 9.76. The molecule has 9 heteroatoms. The number of carbonyl (C=O) groups excluding carboxylic acids is 1. The third kappa shape index (κ3) is 3.20. The first kappa shape index (κ1) is 18.3. The van der Waals surface area contributed by atoms with Crippen molar-refractivity contribution in [3.05, 3.63) is 41.0 Å². The number of anilines is 2. The molecule has 3 rings (SSSR count). The van der Waals surface area contributed by atoms with Gasteiger partial charge in [-0.1, -0.05) is 0 Å². The normalized spacial score (nSPS) is 25.9. The Balaban J connectivity index is 1.86. The molecule has 1 fully saturated rings. The summed E-state index contributed by atoms with van der Waals surface area (Å²) in [6.45, 7) is 16.0. The van der Waals surface area contributed by atoms with Gasteiger partial charge in [0, 0.05) is 33.8 Å². The van der Waals surface area contributed by atoms with E-state index in [1.54, 1.807) is 6.07 Å². The van der Waals surface area contributed by atoms with Gasteiger partial charge in [-0.2, -0.15) is 0 Å². The molecule has 138 valence electrons. The predicted octanol–water partition coefficient (Wildman–Crippen LogP) is 2.42. The molecule has 9 nitrogen and oxygen atoms in total. The Morgan fingerprint density at radius 3 is 2.56 bits per heavy atom. The topological polar surface area (TPSA) is 81.4 Å². The molecular formula is C18H20N8O. The van der Waals surface area contributed by atoms with E-state index in [2.05, 4.69) is 30.2 Å². The summed E-state index contributed by atoms with van der Waals surface area (Å²) in [5.74, 6) is 0.200. The lowest BCUT2D eigenvalue weighted by Crippen LogP contribution is -2.63. The molecule has 1 heterocycles. The SMILES string of the molecule is [C-]#[N+]C1C2N=C(N=Nc3ccc(N(C)C)cc3NC(C)=O)N(C)C2C1[N+]#[C-]. The first-order chi connectivity index (χ1) is 12.9. The summed E-state index contributed by atoms with van der Waals surface area (Å²) in [6.07, 6.45) is 0. The second-order valence-corrected chi connectivity index (χ2v) is 6.74. The van der Waals surface area contributed by atoms with Gasteiger partial charge in [-0.3, -0.25) is 4.79 Å². The second kappa shape index (κ2) is 7.04. The Bertz CT molecular complexity index is 907. The van der Waals surface area contributed by atoms with E-state index in [1.807, 2.05) is 43.1 Å². The highest BCUT2D eigenvalue weighted by molar-refractivity contribution is 5.93. The van der Waals surface area contributed by atoms with Gasteiger partial charge >= 0.3 is 12.1 Å². The molecule has 4 unspecified atom stereocenters. The maximum Gasteiger partial charge on any atom is 0.323 e. The number of nitrogens with one attached hydrogen (secondary N) is 1. The molecular weight excluding hydrogens is 344 g/mol. The fraction of sp³-hybridized carbons (Fsp3) is 0.444. The Labute approximate surface area is 158 Å². The van der Waals surface area contributed by atoms with E-state index in [0.717, 1.165) is 5.69 Å². The van der Waals surface area contributed by atoms with E-state index in [9.17, 15) is 4.79 Å². The first-order valence-electron chi connectivity index (χ1n) is 8.42. The molecule has 0 bridgehead atoms. The summed E-state index contributed by atoms with van der Waals surface area (Å²) in [4.78, 5) is 26.8. The van der Waals surface area contributed by atoms with E-state index in [-0.39, 0.29) is 24.0 Å². The van der Waals surface area contributed by atoms with Crippen molar-refractivity contribution in [1.29, 1.82) is 0 Å². The number of carbonyl (C=O) groups is 1. The summed E-state index contributed by atoms with van der Waals surface area (Å²) in [6, 6.07) is 4.32. The van der Waals surface area contributed by atoms with Crippen molar-refractivity contribution in [3.63, 3.8) is 0 Å². The average Bonchev–Trinajstić information content (AvgIpc) is 2.86. The monoisotopic (exact) mass is 364 g/mol. The number of amides is 1. The average molecular weight is 364 g/mol. The smallest absolute Gasteiger partial charge is 0.323 e. The quantitative estimate of drug-likeness (QED) is 0.661. The molecule has 4 atom stereocenters. The molecule has 0 radical (unpaired) electrons. The highest BCUT2D eigenvalue weighted by Gasteiger charge is 2.67. The second-order valence-electron chi connectivity index (χ2n) is 6.74. The van der Waals surface area contributed by atoms with Gasteiger partial charge in [-0.05, 0) is 18.2 Å². The van der Waals surface area contributed by atoms with E-state index in [0.29, 0.717) is 17.3 Å². The van der Waals surface area contributed by atoms with Crippen LogP contribution in [0, 0.1) is 13.1 Å². The third-order valence-corrected chi connectivity index (χ3v) is 4.78. The van der Waals surface area contributed by atoms with Gasteiger partial charge in [0.15, 0.2) is 6.04 Å². The van der Waals surface area contributed by atoms with Gasteiger partial charge in [0.05, 0.1) is 5.69 Å². The van der Waals surface area contributed by atoms with Gasteiger partial charge < -0.3 is 24.8 Å². The Morgan fingerprint density at radius 2 is 1.96 bits per heavy atom. The number of azo groups is 1. The number of likely N-dealkylation sites (N-methyl/N-ethyl adjacent to an activating group) is 1. The van der Waals surface area contributed by atoms with Crippen molar-refractivity contribution < 1.29 is 4.79 Å². The molecule has 1 aliphatic heterocycles. The van der Waals surface area contributed by atoms with Crippen LogP contribution >= 0.6 is 0 Å².